The zero-order valence-electron chi connectivity index (χ0n) is 28.4. The van der Waals surface area contributed by atoms with Gasteiger partial charge in [-0.05, 0) is 29.8 Å². The number of phenolic OH excluding ortho intramolecular Hbond substituents is 3. The Kier molecular flexibility index (Phi) is 9.52. The number of esters is 1. The zero-order valence-corrected chi connectivity index (χ0v) is 28.4. The summed E-state index contributed by atoms with van der Waals surface area (Å²) in [5, 5.41) is 106. The van der Waals surface area contributed by atoms with Gasteiger partial charge < -0.3 is 80.2 Å². The molecule has 0 aliphatic carbocycles. The van der Waals surface area contributed by atoms with E-state index in [-0.39, 0.29) is 40.1 Å². The maximum atomic E-state index is 13.8. The number of nitrogen functional groups attached to an aromatic ring is 1. The predicted octanol–water partition coefficient (Wildman–Crippen LogP) is -2.09. The Labute approximate surface area is 312 Å². The number of pyridine rings is 1. The normalized spacial score (nSPS) is 31.4. The summed E-state index contributed by atoms with van der Waals surface area (Å²) in [5.41, 5.74) is -0.793. The first-order valence-electron chi connectivity index (χ1n) is 16.6. The van der Waals surface area contributed by atoms with Crippen LogP contribution in [0.4, 0.5) is 5.82 Å². The molecule has 10 atom stereocenters. The molecule has 10 unspecified atom stereocenters. The highest BCUT2D eigenvalue weighted by Crippen LogP contribution is 2.43. The van der Waals surface area contributed by atoms with Crippen molar-refractivity contribution in [3.8, 4) is 46.2 Å². The number of phenols is 3. The minimum atomic E-state index is -2.96. The molecule has 20 heteroatoms. The monoisotopic (exact) mass is 780 g/mol. The molecule has 2 bridgehead atoms. The number of aliphatic hydroxyl groups is 6. The molecule has 0 saturated carbocycles. The third kappa shape index (κ3) is 6.17. The van der Waals surface area contributed by atoms with Crippen molar-refractivity contribution in [3.05, 3.63) is 70.0 Å². The lowest BCUT2D eigenvalue weighted by Crippen LogP contribution is -2.70. The summed E-state index contributed by atoms with van der Waals surface area (Å²) in [6.07, 6.45) is -18.2. The van der Waals surface area contributed by atoms with Crippen LogP contribution in [0.15, 0.2) is 57.9 Å². The number of ether oxygens (including phenoxy) is 4. The second-order valence-electron chi connectivity index (χ2n) is 13.3. The molecule has 3 aliphatic rings. The Hall–Kier alpha value is -6.02. The van der Waals surface area contributed by atoms with Crippen molar-refractivity contribution in [2.24, 2.45) is 0 Å². The van der Waals surface area contributed by atoms with Crippen LogP contribution in [-0.2, 0) is 30.2 Å². The number of carboxylic acid groups (broad SMARTS) is 1. The van der Waals surface area contributed by atoms with E-state index in [2.05, 4.69) is 16.8 Å². The molecule has 2 aromatic carbocycles. The first-order chi connectivity index (χ1) is 26.5. The zero-order chi connectivity index (χ0) is 40.4. The first-order valence-corrected chi connectivity index (χ1v) is 16.6. The molecule has 5 heterocycles. The van der Waals surface area contributed by atoms with Gasteiger partial charge >= 0.3 is 11.9 Å². The third-order valence-corrected chi connectivity index (χ3v) is 9.73. The summed E-state index contributed by atoms with van der Waals surface area (Å²) >= 11 is 0. The van der Waals surface area contributed by atoms with Gasteiger partial charge in [0.2, 0.25) is 18.2 Å². The van der Waals surface area contributed by atoms with E-state index in [0.717, 1.165) is 24.3 Å². The maximum absolute atomic E-state index is 13.8. The smallest absolute Gasteiger partial charge is 0.351 e. The van der Waals surface area contributed by atoms with E-state index in [1.807, 2.05) is 0 Å². The summed E-state index contributed by atoms with van der Waals surface area (Å²) in [4.78, 5) is 43.6. The maximum Gasteiger partial charge on any atom is 0.351 e. The van der Waals surface area contributed by atoms with Gasteiger partial charge in [0.25, 0.3) is 5.60 Å². The quantitative estimate of drug-likeness (QED) is 0.0568. The van der Waals surface area contributed by atoms with Gasteiger partial charge in [-0.1, -0.05) is 17.9 Å². The molecule has 2 saturated heterocycles. The molecule has 2 fully saturated rings. The number of carbonyl (C=O) groups excluding carboxylic acids is 1. The molecule has 0 radical (unpaired) electrons. The van der Waals surface area contributed by atoms with Gasteiger partial charge in [0, 0.05) is 35.9 Å². The highest BCUT2D eigenvalue weighted by molar-refractivity contribution is 5.88. The molecule has 2 aromatic heterocycles. The van der Waals surface area contributed by atoms with Crippen LogP contribution in [0.3, 0.4) is 0 Å². The lowest BCUT2D eigenvalue weighted by atomic mass is 9.83. The van der Waals surface area contributed by atoms with Crippen molar-refractivity contribution in [3.63, 3.8) is 0 Å². The van der Waals surface area contributed by atoms with Gasteiger partial charge in [-0.3, -0.25) is 4.79 Å². The molecule has 12 N–H and O–H groups in total. The van der Waals surface area contributed by atoms with Crippen LogP contribution < -0.4 is 15.9 Å². The van der Waals surface area contributed by atoms with E-state index in [0.29, 0.717) is 5.56 Å². The minimum Gasteiger partial charge on any atom is -0.507 e. The number of benzene rings is 2. The van der Waals surface area contributed by atoms with E-state index in [1.165, 1.54) is 24.4 Å². The molecular formula is C36H32N2O18. The number of hydrogen-bond donors (Lipinski definition) is 11. The summed E-state index contributed by atoms with van der Waals surface area (Å²) in [7, 11) is 0. The van der Waals surface area contributed by atoms with Crippen LogP contribution in [0, 0.1) is 11.8 Å². The Morgan fingerprint density at radius 1 is 0.911 bits per heavy atom. The van der Waals surface area contributed by atoms with Crippen LogP contribution >= 0.6 is 0 Å². The van der Waals surface area contributed by atoms with E-state index >= 15 is 0 Å². The number of aliphatic carboxylic acids is 1. The van der Waals surface area contributed by atoms with E-state index in [4.69, 9.17) is 29.1 Å². The van der Waals surface area contributed by atoms with Crippen LogP contribution in [0.2, 0.25) is 0 Å². The Morgan fingerprint density at radius 2 is 1.64 bits per heavy atom. The Morgan fingerprint density at radius 3 is 2.32 bits per heavy atom. The molecule has 294 valence electrons. The molecule has 20 nitrogen and oxygen atoms in total. The third-order valence-electron chi connectivity index (χ3n) is 9.73. The van der Waals surface area contributed by atoms with Gasteiger partial charge in [-0.15, -0.1) is 0 Å². The Balaban J connectivity index is 1.34. The van der Waals surface area contributed by atoms with Gasteiger partial charge in [0.05, 0.1) is 6.42 Å². The standard InChI is InChI=1S/C36H32N2O18/c37-22-5-2-13(12-38-22)8-15-20(11-21-23(24(15)42)18(41)10-19(52-21)14-3-4-16(39)17(40)9-14)53-31-27(45)26(44)30(48)36(56-31)7-1-6-35(33(49)50)29(47)25(43)28(46)32(55-35)54-34(36)51/h2-5,9-12,25-32,39-40,42-48H,7-8H2,(H2,37,38)(H,49,50). The van der Waals surface area contributed by atoms with Crippen molar-refractivity contribution in [1.82, 2.24) is 4.98 Å². The van der Waals surface area contributed by atoms with Gasteiger partial charge in [0.15, 0.2) is 16.9 Å². The lowest BCUT2D eigenvalue weighted by molar-refractivity contribution is -0.329. The number of rotatable bonds is 6. The van der Waals surface area contributed by atoms with Crippen molar-refractivity contribution < 1.29 is 84.0 Å². The fourth-order valence-corrected chi connectivity index (χ4v) is 6.59. The van der Waals surface area contributed by atoms with Gasteiger partial charge in [0.1, 0.15) is 70.7 Å². The van der Waals surface area contributed by atoms with Crippen molar-refractivity contribution in [2.45, 2.75) is 73.2 Å². The summed E-state index contributed by atoms with van der Waals surface area (Å²) < 4.78 is 28.1. The Bertz CT molecular complexity index is 2360. The fraction of sp³-hybridized carbons (Fsp3) is 0.333. The van der Waals surface area contributed by atoms with Crippen LogP contribution in [0.5, 0.6) is 23.0 Å². The van der Waals surface area contributed by atoms with E-state index in [1.54, 1.807) is 0 Å². The van der Waals surface area contributed by atoms with Gasteiger partial charge in [-0.25, -0.2) is 14.6 Å². The minimum absolute atomic E-state index is 0.131. The number of aromatic hydroxyl groups is 3. The SMILES string of the molecule is Nc1ccc(Cc2c(OC3OC4(CC#CC5(C(=O)O)OC(OC4=O)C(O)C(O)C5O)C(O)C(O)C3O)cc3oc(-c4ccc(O)c(O)c4)cc(=O)c3c2O)cn1. The van der Waals surface area contributed by atoms with Crippen LogP contribution in [0.25, 0.3) is 22.3 Å². The number of anilines is 1. The number of nitrogens with zero attached hydrogens (tertiary/aromatic N) is 1. The highest BCUT2D eigenvalue weighted by Gasteiger charge is 2.64. The second kappa shape index (κ2) is 13.9. The first kappa shape index (κ1) is 38.3. The van der Waals surface area contributed by atoms with E-state index < -0.39 is 107 Å². The molecule has 0 amide bonds. The summed E-state index contributed by atoms with van der Waals surface area (Å²) in [6.45, 7) is 0. The summed E-state index contributed by atoms with van der Waals surface area (Å²) in [5.74, 6) is -1.31. The average molecular weight is 781 g/mol. The second-order valence-corrected chi connectivity index (χ2v) is 13.3. The number of hydrogen-bond acceptors (Lipinski definition) is 19. The summed E-state index contributed by atoms with van der Waals surface area (Å²) in [6, 6.07) is 8.68. The van der Waals surface area contributed by atoms with Crippen LogP contribution in [-0.4, -0.2) is 128 Å². The fourth-order valence-electron chi connectivity index (χ4n) is 6.59. The molecule has 7 rings (SSSR count). The molecule has 1 spiro atoms. The van der Waals surface area contributed by atoms with Crippen molar-refractivity contribution in [1.29, 1.82) is 0 Å². The van der Waals surface area contributed by atoms with Crippen LogP contribution in [0.1, 0.15) is 17.5 Å². The lowest BCUT2D eigenvalue weighted by Gasteiger charge is -2.47. The number of nitrogens with two attached hydrogens (primary N) is 1. The van der Waals surface area contributed by atoms with Crippen molar-refractivity contribution in [2.75, 3.05) is 5.73 Å². The van der Waals surface area contributed by atoms with Crippen molar-refractivity contribution >= 4 is 28.7 Å². The largest absolute Gasteiger partial charge is 0.507 e. The molecule has 4 aromatic rings. The molecular weight excluding hydrogens is 748 g/mol. The predicted molar refractivity (Wildman–Crippen MR) is 182 cm³/mol. The average Bonchev–Trinajstić information content (AvgIpc) is 3.21. The number of aliphatic hydroxyl groups excluding tert-OH is 6. The topological polar surface area (TPSA) is 342 Å². The molecule has 56 heavy (non-hydrogen) atoms. The number of aromatic nitrogens is 1. The van der Waals surface area contributed by atoms with E-state index in [9.17, 15) is 65.4 Å². The molecule has 3 aliphatic heterocycles. The number of fused-ring (bicyclic) bond motifs is 3. The van der Waals surface area contributed by atoms with Gasteiger partial charge in [-0.2, -0.15) is 0 Å². The number of carbonyl (C=O) groups is 2. The number of carboxylic acids is 1. The highest BCUT2D eigenvalue weighted by atomic mass is 16.8.